The van der Waals surface area contributed by atoms with Crippen LogP contribution in [0.15, 0.2) is 4.90 Å². The lowest BCUT2D eigenvalue weighted by Gasteiger charge is -2.19. The van der Waals surface area contributed by atoms with E-state index in [4.69, 9.17) is 18.0 Å². The van der Waals surface area contributed by atoms with Crippen molar-refractivity contribution in [1.29, 1.82) is 0 Å². The monoisotopic (exact) mass is 276 g/mol. The van der Waals surface area contributed by atoms with Crippen LogP contribution in [0.5, 0.6) is 0 Å². The molecule has 1 aromatic heterocycles. The van der Waals surface area contributed by atoms with Gasteiger partial charge in [-0.05, 0) is 13.8 Å². The number of sulfonamides is 1. The summed E-state index contributed by atoms with van der Waals surface area (Å²) < 4.78 is 25.9. The second kappa shape index (κ2) is 5.11. The standard InChI is InChI=1S/C9H16N4O2S2/c1-4-13(5-8(10)16)17(14,15)9-6(2)11-12-7(9)3/h4-5H2,1-3H3,(H2,10,16)(H,11,12). The smallest absolute Gasteiger partial charge is 0.247 e. The minimum Gasteiger partial charge on any atom is -0.392 e. The normalized spacial score (nSPS) is 12.0. The van der Waals surface area contributed by atoms with Gasteiger partial charge in [0.05, 0.1) is 22.9 Å². The number of rotatable bonds is 5. The SMILES string of the molecule is CCN(CC(N)=S)S(=O)(=O)c1c(C)n[nH]c1C. The summed E-state index contributed by atoms with van der Waals surface area (Å²) in [5.41, 5.74) is 6.36. The molecule has 0 bridgehead atoms. The van der Waals surface area contributed by atoms with Crippen molar-refractivity contribution < 1.29 is 8.42 Å². The minimum absolute atomic E-state index is 0.0399. The Morgan fingerprint density at radius 2 is 2.12 bits per heavy atom. The molecule has 0 fully saturated rings. The molecule has 0 radical (unpaired) electrons. The Kier molecular flexibility index (Phi) is 4.23. The first-order chi connectivity index (χ1) is 7.80. The molecule has 3 N–H and O–H groups in total. The maximum absolute atomic E-state index is 12.4. The van der Waals surface area contributed by atoms with Gasteiger partial charge in [-0.1, -0.05) is 19.1 Å². The van der Waals surface area contributed by atoms with Gasteiger partial charge in [0.15, 0.2) is 0 Å². The molecule has 0 amide bonds. The number of hydrogen-bond acceptors (Lipinski definition) is 4. The number of likely N-dealkylation sites (N-methyl/N-ethyl adjacent to an activating group) is 1. The summed E-state index contributed by atoms with van der Waals surface area (Å²) in [7, 11) is -3.59. The maximum Gasteiger partial charge on any atom is 0.247 e. The molecule has 0 saturated carbocycles. The quantitative estimate of drug-likeness (QED) is 0.756. The summed E-state index contributed by atoms with van der Waals surface area (Å²) in [5, 5.41) is 6.54. The zero-order valence-electron chi connectivity index (χ0n) is 10.0. The van der Waals surface area contributed by atoms with Crippen molar-refractivity contribution in [2.45, 2.75) is 25.7 Å². The molecule has 0 aromatic carbocycles. The van der Waals surface area contributed by atoms with E-state index in [0.29, 0.717) is 17.9 Å². The lowest BCUT2D eigenvalue weighted by atomic mass is 10.4. The third-order valence-corrected chi connectivity index (χ3v) is 4.66. The third kappa shape index (κ3) is 2.82. The molecule has 0 saturated heterocycles. The van der Waals surface area contributed by atoms with Crippen LogP contribution in [0.3, 0.4) is 0 Å². The summed E-state index contributed by atoms with van der Waals surface area (Å²) in [5.74, 6) is 0. The van der Waals surface area contributed by atoms with E-state index >= 15 is 0 Å². The summed E-state index contributed by atoms with van der Waals surface area (Å²) in [6.07, 6.45) is 0. The number of thiocarbonyl (C=S) groups is 1. The molecule has 6 nitrogen and oxygen atoms in total. The average Bonchev–Trinajstić information content (AvgIpc) is 2.54. The largest absolute Gasteiger partial charge is 0.392 e. The Morgan fingerprint density at radius 1 is 1.53 bits per heavy atom. The van der Waals surface area contributed by atoms with Gasteiger partial charge in [0.2, 0.25) is 10.0 Å². The number of nitrogens with two attached hydrogens (primary N) is 1. The number of aryl methyl sites for hydroxylation is 2. The van der Waals surface area contributed by atoms with Crippen molar-refractivity contribution in [3.63, 3.8) is 0 Å². The Balaban J connectivity index is 3.22. The number of hydrogen-bond donors (Lipinski definition) is 2. The molecule has 17 heavy (non-hydrogen) atoms. The lowest BCUT2D eigenvalue weighted by molar-refractivity contribution is 0.467. The predicted octanol–water partition coefficient (Wildman–Crippen LogP) is 0.323. The van der Waals surface area contributed by atoms with Crippen LogP contribution in [0.4, 0.5) is 0 Å². The van der Waals surface area contributed by atoms with Gasteiger partial charge in [0, 0.05) is 6.54 Å². The molecule has 1 rings (SSSR count). The van der Waals surface area contributed by atoms with Crippen molar-refractivity contribution in [1.82, 2.24) is 14.5 Å². The first-order valence-electron chi connectivity index (χ1n) is 5.10. The molecule has 0 unspecified atom stereocenters. The number of aromatic nitrogens is 2. The van der Waals surface area contributed by atoms with Gasteiger partial charge >= 0.3 is 0 Å². The number of nitrogens with zero attached hydrogens (tertiary/aromatic N) is 2. The van der Waals surface area contributed by atoms with Gasteiger partial charge in [0.25, 0.3) is 0 Å². The summed E-state index contributed by atoms with van der Waals surface area (Å²) in [4.78, 5) is 0.352. The van der Waals surface area contributed by atoms with Crippen molar-refractivity contribution in [3.8, 4) is 0 Å². The predicted molar refractivity (Wildman–Crippen MR) is 69.3 cm³/mol. The van der Waals surface area contributed by atoms with Crippen LogP contribution in [0, 0.1) is 13.8 Å². The molecule has 0 aliphatic rings. The van der Waals surface area contributed by atoms with E-state index in [2.05, 4.69) is 10.2 Å². The molecule has 1 aromatic rings. The zero-order valence-corrected chi connectivity index (χ0v) is 11.7. The molecule has 0 aliphatic carbocycles. The summed E-state index contributed by atoms with van der Waals surface area (Å²) >= 11 is 4.75. The topological polar surface area (TPSA) is 92.1 Å². The summed E-state index contributed by atoms with van der Waals surface area (Å²) in [6, 6.07) is 0. The van der Waals surface area contributed by atoms with Crippen LogP contribution in [0.25, 0.3) is 0 Å². The molecule has 0 atom stereocenters. The Bertz CT molecular complexity index is 502. The van der Waals surface area contributed by atoms with E-state index in [1.807, 2.05) is 0 Å². The molecule has 1 heterocycles. The fraction of sp³-hybridized carbons (Fsp3) is 0.556. The highest BCUT2D eigenvalue weighted by Gasteiger charge is 2.28. The van der Waals surface area contributed by atoms with Crippen LogP contribution in [0.2, 0.25) is 0 Å². The Morgan fingerprint density at radius 3 is 2.47 bits per heavy atom. The first kappa shape index (κ1) is 14.1. The van der Waals surface area contributed by atoms with Crippen molar-refractivity contribution >= 4 is 27.2 Å². The molecule has 0 aliphatic heterocycles. The van der Waals surface area contributed by atoms with Gasteiger partial charge in [0.1, 0.15) is 4.90 Å². The van der Waals surface area contributed by atoms with E-state index < -0.39 is 10.0 Å². The van der Waals surface area contributed by atoms with E-state index in [0.717, 1.165) is 0 Å². The highest BCUT2D eigenvalue weighted by Crippen LogP contribution is 2.21. The molecular weight excluding hydrogens is 260 g/mol. The third-order valence-electron chi connectivity index (χ3n) is 2.34. The number of aromatic amines is 1. The second-order valence-corrected chi connectivity index (χ2v) is 6.06. The van der Waals surface area contributed by atoms with Crippen LogP contribution in [-0.2, 0) is 10.0 Å². The van der Waals surface area contributed by atoms with Crippen LogP contribution in [0.1, 0.15) is 18.3 Å². The fourth-order valence-corrected chi connectivity index (χ4v) is 3.59. The van der Waals surface area contributed by atoms with Crippen molar-refractivity contribution in [2.24, 2.45) is 5.73 Å². The first-order valence-corrected chi connectivity index (χ1v) is 6.95. The van der Waals surface area contributed by atoms with Gasteiger partial charge in [-0.25, -0.2) is 8.42 Å². The van der Waals surface area contributed by atoms with Gasteiger partial charge < -0.3 is 5.73 Å². The number of H-pyrrole nitrogens is 1. The van der Waals surface area contributed by atoms with E-state index in [-0.39, 0.29) is 16.4 Å². The molecular formula is C9H16N4O2S2. The highest BCUT2D eigenvalue weighted by molar-refractivity contribution is 7.89. The highest BCUT2D eigenvalue weighted by atomic mass is 32.2. The maximum atomic E-state index is 12.4. The zero-order chi connectivity index (χ0) is 13.2. The van der Waals surface area contributed by atoms with E-state index in [1.54, 1.807) is 20.8 Å². The van der Waals surface area contributed by atoms with Crippen molar-refractivity contribution in [3.05, 3.63) is 11.4 Å². The van der Waals surface area contributed by atoms with E-state index in [9.17, 15) is 8.42 Å². The molecule has 8 heteroatoms. The van der Waals surface area contributed by atoms with Gasteiger partial charge in [-0.3, -0.25) is 5.10 Å². The minimum atomic E-state index is -3.59. The molecule has 96 valence electrons. The van der Waals surface area contributed by atoms with Crippen molar-refractivity contribution in [2.75, 3.05) is 13.1 Å². The van der Waals surface area contributed by atoms with Gasteiger partial charge in [-0.2, -0.15) is 9.40 Å². The fourth-order valence-electron chi connectivity index (χ4n) is 1.59. The van der Waals surface area contributed by atoms with E-state index in [1.165, 1.54) is 4.31 Å². The molecule has 0 spiro atoms. The van der Waals surface area contributed by atoms with Crippen LogP contribution < -0.4 is 5.73 Å². The number of nitrogens with one attached hydrogen (secondary N) is 1. The summed E-state index contributed by atoms with van der Waals surface area (Å²) in [6.45, 7) is 5.40. The second-order valence-electron chi connectivity index (χ2n) is 3.66. The van der Waals surface area contributed by atoms with Gasteiger partial charge in [-0.15, -0.1) is 0 Å². The lowest BCUT2D eigenvalue weighted by Crippen LogP contribution is -2.37. The Labute approximate surface area is 106 Å². The Hall–Kier alpha value is -0.990. The van der Waals surface area contributed by atoms with Crippen LogP contribution >= 0.6 is 12.2 Å². The average molecular weight is 276 g/mol. The van der Waals surface area contributed by atoms with Crippen LogP contribution in [-0.4, -0.2) is 41.0 Å².